The third-order valence-corrected chi connectivity index (χ3v) is 3.72. The zero-order valence-corrected chi connectivity index (χ0v) is 14.0. The Morgan fingerprint density at radius 1 is 1.30 bits per heavy atom. The topological polar surface area (TPSA) is 18.5 Å². The Bertz CT molecular complexity index is 425. The summed E-state index contributed by atoms with van der Waals surface area (Å²) in [7, 11) is 0. The molecule has 0 aliphatic rings. The zero-order chi connectivity index (χ0) is 15.2. The summed E-state index contributed by atoms with van der Waals surface area (Å²) < 4.78 is 46.8. The van der Waals surface area contributed by atoms with Gasteiger partial charge in [0.25, 0.3) is 0 Å². The van der Waals surface area contributed by atoms with Crippen molar-refractivity contribution in [3.63, 3.8) is 0 Å². The Morgan fingerprint density at radius 3 is 2.55 bits per heavy atom. The van der Waals surface area contributed by atoms with Gasteiger partial charge >= 0.3 is 6.18 Å². The minimum atomic E-state index is -4.30. The molecule has 1 unspecified atom stereocenters. The summed E-state index contributed by atoms with van der Waals surface area (Å²) in [6, 6.07) is 5.39. The first kappa shape index (κ1) is 17.8. The van der Waals surface area contributed by atoms with E-state index >= 15 is 0 Å². The molecule has 114 valence electrons. The summed E-state index contributed by atoms with van der Waals surface area (Å²) >= 11 is 6.69. The van der Waals surface area contributed by atoms with Crippen LogP contribution in [0.15, 0.2) is 22.7 Å². The number of ether oxygens (including phenoxy) is 2. The fourth-order valence-corrected chi connectivity index (χ4v) is 2.40. The van der Waals surface area contributed by atoms with Crippen LogP contribution >= 0.6 is 31.9 Å². The Morgan fingerprint density at radius 2 is 2.00 bits per heavy atom. The van der Waals surface area contributed by atoms with Crippen molar-refractivity contribution in [3.05, 3.63) is 28.2 Å². The van der Waals surface area contributed by atoms with Crippen LogP contribution in [0.25, 0.3) is 0 Å². The average Bonchev–Trinajstić information content (AvgIpc) is 2.35. The van der Waals surface area contributed by atoms with E-state index in [1.165, 1.54) is 0 Å². The number of benzene rings is 1. The lowest BCUT2D eigenvalue weighted by Gasteiger charge is -2.14. The number of hydrogen-bond acceptors (Lipinski definition) is 2. The largest absolute Gasteiger partial charge is 0.492 e. The number of halogens is 5. The van der Waals surface area contributed by atoms with E-state index in [0.29, 0.717) is 12.4 Å². The van der Waals surface area contributed by atoms with Crippen LogP contribution in [0.3, 0.4) is 0 Å². The van der Waals surface area contributed by atoms with Crippen molar-refractivity contribution in [1.82, 2.24) is 0 Å². The van der Waals surface area contributed by atoms with Gasteiger partial charge in [0.05, 0.1) is 22.5 Å². The second-order valence-corrected chi connectivity index (χ2v) is 6.10. The molecule has 0 heterocycles. The lowest BCUT2D eigenvalue weighted by atomic mass is 10.1. The lowest BCUT2D eigenvalue weighted by Crippen LogP contribution is -2.18. The number of hydrogen-bond donors (Lipinski definition) is 0. The van der Waals surface area contributed by atoms with Crippen molar-refractivity contribution in [2.75, 3.05) is 19.8 Å². The standard InChI is InChI=1S/C13H15Br2F3O2/c1-2-5-20-12-4-3-9(6-10(12)14)11(15)7-19-8-13(16,17)18/h3-4,6,11H,2,5,7-8H2,1H3. The lowest BCUT2D eigenvalue weighted by molar-refractivity contribution is -0.173. The molecule has 0 aliphatic carbocycles. The molecule has 0 bridgehead atoms. The zero-order valence-electron chi connectivity index (χ0n) is 10.8. The van der Waals surface area contributed by atoms with Gasteiger partial charge in [0.1, 0.15) is 12.4 Å². The highest BCUT2D eigenvalue weighted by Crippen LogP contribution is 2.32. The molecule has 1 aromatic rings. The highest BCUT2D eigenvalue weighted by Gasteiger charge is 2.27. The van der Waals surface area contributed by atoms with E-state index in [1.807, 2.05) is 6.92 Å². The van der Waals surface area contributed by atoms with Crippen molar-refractivity contribution < 1.29 is 22.6 Å². The van der Waals surface area contributed by atoms with Crippen molar-refractivity contribution in [1.29, 1.82) is 0 Å². The minimum absolute atomic E-state index is 0.0545. The maximum atomic E-state index is 12.0. The summed E-state index contributed by atoms with van der Waals surface area (Å²) in [4.78, 5) is -0.304. The Kier molecular flexibility index (Phi) is 7.33. The number of rotatable bonds is 7. The van der Waals surface area contributed by atoms with Crippen LogP contribution in [0.2, 0.25) is 0 Å². The normalized spacial score (nSPS) is 13.3. The number of alkyl halides is 4. The third-order valence-electron chi connectivity index (χ3n) is 2.31. The van der Waals surface area contributed by atoms with E-state index in [0.717, 1.165) is 16.5 Å². The summed E-state index contributed by atoms with van der Waals surface area (Å²) in [5, 5.41) is 0. The van der Waals surface area contributed by atoms with Crippen LogP contribution < -0.4 is 4.74 Å². The summed E-state index contributed by atoms with van der Waals surface area (Å²) in [6.07, 6.45) is -3.40. The van der Waals surface area contributed by atoms with Crippen LogP contribution in [-0.4, -0.2) is 26.0 Å². The molecule has 0 fully saturated rings. The quantitative estimate of drug-likeness (QED) is 0.561. The maximum Gasteiger partial charge on any atom is 0.411 e. The van der Waals surface area contributed by atoms with Crippen molar-refractivity contribution in [2.24, 2.45) is 0 Å². The molecule has 0 saturated carbocycles. The molecular formula is C13H15Br2F3O2. The molecule has 20 heavy (non-hydrogen) atoms. The third kappa shape index (κ3) is 6.45. The predicted molar refractivity (Wildman–Crippen MR) is 78.5 cm³/mol. The highest BCUT2D eigenvalue weighted by atomic mass is 79.9. The molecule has 2 nitrogen and oxygen atoms in total. The summed E-state index contributed by atoms with van der Waals surface area (Å²) in [6.45, 7) is 1.33. The molecule has 0 aliphatic heterocycles. The molecule has 0 aromatic heterocycles. The molecular weight excluding hydrogens is 405 g/mol. The molecule has 0 radical (unpaired) electrons. The van der Waals surface area contributed by atoms with Gasteiger partial charge in [-0.25, -0.2) is 0 Å². The van der Waals surface area contributed by atoms with E-state index in [2.05, 4.69) is 36.6 Å². The minimum Gasteiger partial charge on any atom is -0.492 e. The second-order valence-electron chi connectivity index (χ2n) is 4.14. The summed E-state index contributed by atoms with van der Waals surface area (Å²) in [5.41, 5.74) is 0.822. The van der Waals surface area contributed by atoms with Crippen molar-refractivity contribution >= 4 is 31.9 Å². The predicted octanol–water partition coefficient (Wildman–Crippen LogP) is 5.25. The van der Waals surface area contributed by atoms with Crippen LogP contribution in [0.4, 0.5) is 13.2 Å². The maximum absolute atomic E-state index is 12.0. The first-order valence-electron chi connectivity index (χ1n) is 6.04. The van der Waals surface area contributed by atoms with Gasteiger partial charge in [0.2, 0.25) is 0 Å². The van der Waals surface area contributed by atoms with E-state index < -0.39 is 12.8 Å². The van der Waals surface area contributed by atoms with Crippen LogP contribution in [0.1, 0.15) is 23.7 Å². The van der Waals surface area contributed by atoms with Crippen molar-refractivity contribution in [2.45, 2.75) is 24.3 Å². The molecule has 0 amide bonds. The molecule has 0 saturated heterocycles. The fraction of sp³-hybridized carbons (Fsp3) is 0.538. The van der Waals surface area contributed by atoms with Crippen molar-refractivity contribution in [3.8, 4) is 5.75 Å². The van der Waals surface area contributed by atoms with Crippen LogP contribution in [-0.2, 0) is 4.74 Å². The summed E-state index contributed by atoms with van der Waals surface area (Å²) in [5.74, 6) is 0.714. The molecule has 1 aromatic carbocycles. The van der Waals surface area contributed by atoms with Gasteiger partial charge in [-0.05, 0) is 40.0 Å². The Labute approximate surface area is 132 Å². The van der Waals surface area contributed by atoms with E-state index in [1.54, 1.807) is 18.2 Å². The van der Waals surface area contributed by atoms with E-state index in [4.69, 9.17) is 4.74 Å². The molecule has 7 heteroatoms. The molecule has 1 rings (SSSR count). The van der Waals surface area contributed by atoms with E-state index in [-0.39, 0.29) is 11.4 Å². The first-order valence-corrected chi connectivity index (χ1v) is 7.75. The van der Waals surface area contributed by atoms with Gasteiger partial charge in [-0.2, -0.15) is 13.2 Å². The fourth-order valence-electron chi connectivity index (χ4n) is 1.42. The Balaban J connectivity index is 2.56. The van der Waals surface area contributed by atoms with Gasteiger partial charge in [-0.1, -0.05) is 28.9 Å². The SMILES string of the molecule is CCCOc1ccc(C(Br)COCC(F)(F)F)cc1Br. The van der Waals surface area contributed by atoms with Crippen LogP contribution in [0, 0.1) is 0 Å². The molecule has 0 spiro atoms. The monoisotopic (exact) mass is 418 g/mol. The van der Waals surface area contributed by atoms with Gasteiger partial charge in [0.15, 0.2) is 0 Å². The van der Waals surface area contributed by atoms with Crippen LogP contribution in [0.5, 0.6) is 5.75 Å². The average molecular weight is 420 g/mol. The van der Waals surface area contributed by atoms with Gasteiger partial charge in [0, 0.05) is 0 Å². The van der Waals surface area contributed by atoms with Gasteiger partial charge in [-0.15, -0.1) is 0 Å². The molecule has 0 N–H and O–H groups in total. The van der Waals surface area contributed by atoms with E-state index in [9.17, 15) is 13.2 Å². The van der Waals surface area contributed by atoms with Gasteiger partial charge in [-0.3, -0.25) is 0 Å². The second kappa shape index (κ2) is 8.24. The smallest absolute Gasteiger partial charge is 0.411 e. The Hall–Kier alpha value is -0.270. The highest BCUT2D eigenvalue weighted by molar-refractivity contribution is 9.10. The van der Waals surface area contributed by atoms with Gasteiger partial charge < -0.3 is 9.47 Å². The molecule has 1 atom stereocenters. The first-order chi connectivity index (χ1) is 9.33.